The number of hydrogen-bond donors (Lipinski definition) is 1. The van der Waals surface area contributed by atoms with Crippen LogP contribution >= 0.6 is 34.5 Å². The van der Waals surface area contributed by atoms with Crippen LogP contribution < -0.4 is 10.2 Å². The van der Waals surface area contributed by atoms with Gasteiger partial charge in [0.15, 0.2) is 0 Å². The van der Waals surface area contributed by atoms with E-state index in [0.717, 1.165) is 34.5 Å². The largest absolute Gasteiger partial charge is 0.377 e. The predicted molar refractivity (Wildman–Crippen MR) is 94.2 cm³/mol. The van der Waals surface area contributed by atoms with E-state index < -0.39 is 0 Å². The Balaban J connectivity index is 2.08. The summed E-state index contributed by atoms with van der Waals surface area (Å²) in [5, 5.41) is 3.40. The minimum absolute atomic E-state index is 0.0855. The summed E-state index contributed by atoms with van der Waals surface area (Å²) >= 11 is 13.6. The number of pyridine rings is 1. The molecule has 2 aromatic rings. The summed E-state index contributed by atoms with van der Waals surface area (Å²) in [6.45, 7) is 8.22. The Kier molecular flexibility index (Phi) is 5.73. The highest BCUT2D eigenvalue weighted by atomic mass is 35.5. The zero-order chi connectivity index (χ0) is 15.4. The molecular formula is C15H19Cl2N3S. The molecule has 0 saturated heterocycles. The van der Waals surface area contributed by atoms with Crippen LogP contribution in [-0.2, 0) is 0 Å². The molecule has 0 aromatic carbocycles. The summed E-state index contributed by atoms with van der Waals surface area (Å²) in [5.74, 6) is 0.995. The quantitative estimate of drug-likeness (QED) is 0.753. The van der Waals surface area contributed by atoms with Gasteiger partial charge in [-0.25, -0.2) is 4.98 Å². The summed E-state index contributed by atoms with van der Waals surface area (Å²) < 4.78 is 1.44. The molecule has 0 bridgehead atoms. The third-order valence-electron chi connectivity index (χ3n) is 3.37. The topological polar surface area (TPSA) is 28.2 Å². The highest BCUT2D eigenvalue weighted by molar-refractivity contribution is 7.20. The highest BCUT2D eigenvalue weighted by Crippen LogP contribution is 2.36. The fourth-order valence-corrected chi connectivity index (χ4v) is 3.83. The molecule has 0 aliphatic carbocycles. The van der Waals surface area contributed by atoms with Gasteiger partial charge >= 0.3 is 0 Å². The zero-order valence-electron chi connectivity index (χ0n) is 12.4. The molecule has 0 aliphatic rings. The first-order valence-corrected chi connectivity index (χ1v) is 8.54. The number of hydrogen-bond acceptors (Lipinski definition) is 4. The number of nitrogens with one attached hydrogen (secondary N) is 1. The molecule has 0 radical (unpaired) electrons. The lowest BCUT2D eigenvalue weighted by molar-refractivity contribution is 0.844. The van der Waals surface area contributed by atoms with Crippen LogP contribution in [0.2, 0.25) is 8.67 Å². The van der Waals surface area contributed by atoms with Gasteiger partial charge in [-0.2, -0.15) is 0 Å². The van der Waals surface area contributed by atoms with Crippen molar-refractivity contribution in [1.29, 1.82) is 0 Å². The van der Waals surface area contributed by atoms with Crippen molar-refractivity contribution in [2.75, 3.05) is 23.3 Å². The summed E-state index contributed by atoms with van der Waals surface area (Å²) in [5.41, 5.74) is 1.98. The minimum atomic E-state index is 0.0855. The number of nitrogens with zero attached hydrogens (tertiary/aromatic N) is 2. The van der Waals surface area contributed by atoms with Gasteiger partial charge in [0.05, 0.1) is 26.6 Å². The van der Waals surface area contributed by atoms with Crippen LogP contribution in [0.25, 0.3) is 0 Å². The maximum absolute atomic E-state index is 6.18. The van der Waals surface area contributed by atoms with E-state index in [4.69, 9.17) is 23.2 Å². The van der Waals surface area contributed by atoms with Crippen molar-refractivity contribution in [2.24, 2.45) is 0 Å². The van der Waals surface area contributed by atoms with Crippen molar-refractivity contribution < 1.29 is 0 Å². The molecule has 1 unspecified atom stereocenters. The van der Waals surface area contributed by atoms with E-state index in [1.54, 1.807) is 0 Å². The van der Waals surface area contributed by atoms with Crippen LogP contribution in [0.5, 0.6) is 0 Å². The van der Waals surface area contributed by atoms with Crippen LogP contribution in [0.1, 0.15) is 32.4 Å². The average Bonchev–Trinajstić information content (AvgIpc) is 2.81. The lowest BCUT2D eigenvalue weighted by Gasteiger charge is -2.20. The molecule has 2 rings (SSSR count). The van der Waals surface area contributed by atoms with E-state index in [-0.39, 0.29) is 6.04 Å². The molecule has 2 aromatic heterocycles. The molecule has 3 nitrogen and oxygen atoms in total. The van der Waals surface area contributed by atoms with Crippen LogP contribution in [0.15, 0.2) is 24.4 Å². The summed E-state index contributed by atoms with van der Waals surface area (Å²) in [4.78, 5) is 6.71. The zero-order valence-corrected chi connectivity index (χ0v) is 14.7. The maximum atomic E-state index is 6.18. The van der Waals surface area contributed by atoms with Gasteiger partial charge in [-0.05, 0) is 39.0 Å². The van der Waals surface area contributed by atoms with E-state index in [9.17, 15) is 0 Å². The number of anilines is 2. The first-order chi connectivity index (χ1) is 10.0. The van der Waals surface area contributed by atoms with Crippen molar-refractivity contribution in [1.82, 2.24) is 4.98 Å². The second-order valence-corrected chi connectivity index (χ2v) is 7.01. The van der Waals surface area contributed by atoms with Gasteiger partial charge in [0.1, 0.15) is 5.82 Å². The molecular weight excluding hydrogens is 325 g/mol. The molecule has 114 valence electrons. The lowest BCUT2D eigenvalue weighted by Crippen LogP contribution is -2.22. The van der Waals surface area contributed by atoms with Gasteiger partial charge in [0.2, 0.25) is 0 Å². The molecule has 0 fully saturated rings. The van der Waals surface area contributed by atoms with Gasteiger partial charge in [-0.15, -0.1) is 11.3 Å². The highest BCUT2D eigenvalue weighted by Gasteiger charge is 2.13. The molecule has 2 heterocycles. The van der Waals surface area contributed by atoms with Crippen molar-refractivity contribution in [3.8, 4) is 0 Å². The van der Waals surface area contributed by atoms with Gasteiger partial charge < -0.3 is 10.2 Å². The Morgan fingerprint density at radius 1 is 1.29 bits per heavy atom. The normalized spacial score (nSPS) is 12.2. The number of thiophene rings is 1. The molecule has 0 amide bonds. The molecule has 1 N–H and O–H groups in total. The Hall–Kier alpha value is -0.970. The van der Waals surface area contributed by atoms with E-state index >= 15 is 0 Å². The Morgan fingerprint density at radius 3 is 2.48 bits per heavy atom. The molecule has 0 saturated carbocycles. The van der Waals surface area contributed by atoms with E-state index in [1.165, 1.54) is 11.3 Å². The first-order valence-electron chi connectivity index (χ1n) is 6.97. The van der Waals surface area contributed by atoms with Gasteiger partial charge in [0.25, 0.3) is 0 Å². The second kappa shape index (κ2) is 7.34. The predicted octanol–water partition coefficient (Wildman–Crippen LogP) is 5.47. The van der Waals surface area contributed by atoms with E-state index in [2.05, 4.69) is 36.0 Å². The van der Waals surface area contributed by atoms with Crippen LogP contribution in [0.3, 0.4) is 0 Å². The van der Waals surface area contributed by atoms with Crippen LogP contribution in [0, 0.1) is 0 Å². The number of aromatic nitrogens is 1. The number of halogens is 2. The smallest absolute Gasteiger partial charge is 0.128 e. The second-order valence-electron chi connectivity index (χ2n) is 4.72. The Bertz CT molecular complexity index is 579. The Morgan fingerprint density at radius 2 is 2.00 bits per heavy atom. The summed E-state index contributed by atoms with van der Waals surface area (Å²) in [6, 6.07) is 6.06. The van der Waals surface area contributed by atoms with Gasteiger partial charge in [0, 0.05) is 18.7 Å². The van der Waals surface area contributed by atoms with Crippen molar-refractivity contribution in [3.63, 3.8) is 0 Å². The monoisotopic (exact) mass is 343 g/mol. The van der Waals surface area contributed by atoms with Crippen molar-refractivity contribution in [2.45, 2.75) is 26.8 Å². The van der Waals surface area contributed by atoms with Crippen molar-refractivity contribution in [3.05, 3.63) is 38.6 Å². The minimum Gasteiger partial charge on any atom is -0.377 e. The molecule has 1 atom stereocenters. The van der Waals surface area contributed by atoms with Crippen LogP contribution in [0.4, 0.5) is 11.5 Å². The number of rotatable bonds is 6. The summed E-state index contributed by atoms with van der Waals surface area (Å²) in [6.07, 6.45) is 1.85. The Labute approximate surface area is 139 Å². The molecule has 6 heteroatoms. The molecule has 0 spiro atoms. The third kappa shape index (κ3) is 4.02. The van der Waals surface area contributed by atoms with Crippen LogP contribution in [-0.4, -0.2) is 18.1 Å². The third-order valence-corrected chi connectivity index (χ3v) is 4.89. The standard InChI is InChI=1S/C15H19Cl2N3S/c1-4-20(5-2)14-7-6-11(9-18-14)19-10(3)12-8-13(16)21-15(12)17/h6-10,19H,4-5H2,1-3H3. The SMILES string of the molecule is CCN(CC)c1ccc(NC(C)c2cc(Cl)sc2Cl)cn1. The lowest BCUT2D eigenvalue weighted by atomic mass is 10.2. The van der Waals surface area contributed by atoms with Gasteiger partial charge in [-0.1, -0.05) is 23.2 Å². The fourth-order valence-electron chi connectivity index (χ4n) is 2.18. The maximum Gasteiger partial charge on any atom is 0.128 e. The summed E-state index contributed by atoms with van der Waals surface area (Å²) in [7, 11) is 0. The molecule has 0 aliphatic heterocycles. The molecule has 21 heavy (non-hydrogen) atoms. The van der Waals surface area contributed by atoms with Crippen molar-refractivity contribution >= 4 is 46.0 Å². The van der Waals surface area contributed by atoms with Gasteiger partial charge in [-0.3, -0.25) is 0 Å². The fraction of sp³-hybridized carbons (Fsp3) is 0.400. The average molecular weight is 344 g/mol. The van der Waals surface area contributed by atoms with E-state index in [0.29, 0.717) is 4.34 Å². The van der Waals surface area contributed by atoms with E-state index in [1.807, 2.05) is 24.4 Å². The first kappa shape index (κ1) is 16.4.